The summed E-state index contributed by atoms with van der Waals surface area (Å²) in [7, 11) is 1.49. The highest BCUT2D eigenvalue weighted by molar-refractivity contribution is 5.65. The Balaban J connectivity index is 3.38. The SMILES string of the molecule is COc1ccc(OC(=O)O)c(O)c1C(C)(C)C. The maximum Gasteiger partial charge on any atom is 0.511 e. The van der Waals surface area contributed by atoms with Crippen LogP contribution in [0.4, 0.5) is 4.79 Å². The van der Waals surface area contributed by atoms with Crippen LogP contribution in [0, 0.1) is 0 Å². The lowest BCUT2D eigenvalue weighted by atomic mass is 9.85. The highest BCUT2D eigenvalue weighted by Crippen LogP contribution is 2.43. The van der Waals surface area contributed by atoms with Gasteiger partial charge in [-0.15, -0.1) is 0 Å². The van der Waals surface area contributed by atoms with Crippen LogP contribution >= 0.6 is 0 Å². The van der Waals surface area contributed by atoms with E-state index in [0.717, 1.165) is 0 Å². The van der Waals surface area contributed by atoms with Gasteiger partial charge in [-0.25, -0.2) is 4.79 Å². The Morgan fingerprint density at radius 3 is 2.18 bits per heavy atom. The van der Waals surface area contributed by atoms with Crippen LogP contribution in [0.1, 0.15) is 26.3 Å². The number of hydrogen-bond donors (Lipinski definition) is 2. The number of aromatic hydroxyl groups is 1. The Morgan fingerprint density at radius 2 is 1.76 bits per heavy atom. The van der Waals surface area contributed by atoms with Crippen molar-refractivity contribution in [1.82, 2.24) is 0 Å². The summed E-state index contributed by atoms with van der Waals surface area (Å²) in [6.07, 6.45) is -1.47. The summed E-state index contributed by atoms with van der Waals surface area (Å²) >= 11 is 0. The van der Waals surface area contributed by atoms with Crippen molar-refractivity contribution in [2.75, 3.05) is 7.11 Å². The van der Waals surface area contributed by atoms with Gasteiger partial charge in [0.25, 0.3) is 0 Å². The molecule has 5 nitrogen and oxygen atoms in total. The number of ether oxygens (including phenoxy) is 2. The lowest BCUT2D eigenvalue weighted by Gasteiger charge is -2.24. The second-order valence-corrected chi connectivity index (χ2v) is 4.61. The van der Waals surface area contributed by atoms with Crippen molar-refractivity contribution in [3.05, 3.63) is 17.7 Å². The van der Waals surface area contributed by atoms with Gasteiger partial charge in [0, 0.05) is 5.56 Å². The summed E-state index contributed by atoms with van der Waals surface area (Å²) in [6, 6.07) is 2.93. The van der Waals surface area contributed by atoms with Gasteiger partial charge >= 0.3 is 6.16 Å². The van der Waals surface area contributed by atoms with Crippen molar-refractivity contribution in [1.29, 1.82) is 0 Å². The third kappa shape index (κ3) is 2.81. The largest absolute Gasteiger partial charge is 0.511 e. The fraction of sp³-hybridized carbons (Fsp3) is 0.417. The molecular weight excluding hydrogens is 224 g/mol. The number of benzene rings is 1. The molecule has 17 heavy (non-hydrogen) atoms. The number of hydrogen-bond acceptors (Lipinski definition) is 4. The van der Waals surface area contributed by atoms with Gasteiger partial charge in [0.05, 0.1) is 7.11 Å². The van der Waals surface area contributed by atoms with E-state index in [2.05, 4.69) is 4.74 Å². The highest BCUT2D eigenvalue weighted by Gasteiger charge is 2.26. The van der Waals surface area contributed by atoms with Crippen molar-refractivity contribution in [2.45, 2.75) is 26.2 Å². The van der Waals surface area contributed by atoms with Crippen molar-refractivity contribution in [3.8, 4) is 17.2 Å². The number of phenols is 1. The first-order valence-corrected chi connectivity index (χ1v) is 5.08. The van der Waals surface area contributed by atoms with Crippen molar-refractivity contribution < 1.29 is 24.5 Å². The van der Waals surface area contributed by atoms with Crippen molar-refractivity contribution in [2.24, 2.45) is 0 Å². The van der Waals surface area contributed by atoms with Crippen LogP contribution in [0.5, 0.6) is 17.2 Å². The van der Waals surface area contributed by atoms with E-state index in [1.165, 1.54) is 13.2 Å². The Labute approximate surface area is 99.6 Å². The molecule has 94 valence electrons. The zero-order chi connectivity index (χ0) is 13.2. The highest BCUT2D eigenvalue weighted by atomic mass is 16.7. The average Bonchev–Trinajstić information content (AvgIpc) is 2.18. The molecular formula is C12H16O5. The standard InChI is InChI=1S/C12H16O5/c1-12(2,3)9-7(16-4)5-6-8(10(9)13)17-11(14)15/h5-6,13H,1-4H3,(H,14,15). The van der Waals surface area contributed by atoms with Gasteiger partial charge in [-0.3, -0.25) is 0 Å². The molecule has 0 saturated heterocycles. The van der Waals surface area contributed by atoms with Crippen molar-refractivity contribution >= 4 is 6.16 Å². The van der Waals surface area contributed by atoms with Crippen LogP contribution in [0.2, 0.25) is 0 Å². The summed E-state index contributed by atoms with van der Waals surface area (Å²) in [5.41, 5.74) is 0.117. The number of phenolic OH excluding ortho intramolecular Hbond substituents is 1. The Hall–Kier alpha value is -1.91. The molecule has 1 aromatic carbocycles. The fourth-order valence-electron chi connectivity index (χ4n) is 1.62. The van der Waals surface area contributed by atoms with E-state index in [1.54, 1.807) is 6.07 Å². The fourth-order valence-corrected chi connectivity index (χ4v) is 1.62. The topological polar surface area (TPSA) is 76.0 Å². The maximum atomic E-state index is 10.5. The summed E-state index contributed by atoms with van der Waals surface area (Å²) in [4.78, 5) is 10.5. The van der Waals surface area contributed by atoms with Gasteiger partial charge in [-0.2, -0.15) is 0 Å². The predicted octanol–water partition coefficient (Wildman–Crippen LogP) is 2.76. The molecule has 1 aromatic rings. The summed E-state index contributed by atoms with van der Waals surface area (Å²) < 4.78 is 9.64. The van der Waals surface area contributed by atoms with Gasteiger partial charge in [-0.05, 0) is 17.5 Å². The number of rotatable bonds is 2. The van der Waals surface area contributed by atoms with E-state index in [0.29, 0.717) is 11.3 Å². The summed E-state index contributed by atoms with van der Waals surface area (Å²) in [5, 5.41) is 18.6. The van der Waals surface area contributed by atoms with Gasteiger partial charge in [0.15, 0.2) is 11.5 Å². The Kier molecular flexibility index (Phi) is 3.50. The molecule has 0 unspecified atom stereocenters. The molecule has 0 saturated carbocycles. The van der Waals surface area contributed by atoms with Gasteiger partial charge in [0.1, 0.15) is 5.75 Å². The van der Waals surface area contributed by atoms with E-state index in [4.69, 9.17) is 9.84 Å². The average molecular weight is 240 g/mol. The molecule has 0 aromatic heterocycles. The third-order valence-corrected chi connectivity index (χ3v) is 2.27. The molecule has 0 fully saturated rings. The monoisotopic (exact) mass is 240 g/mol. The van der Waals surface area contributed by atoms with Crippen molar-refractivity contribution in [3.63, 3.8) is 0 Å². The second-order valence-electron chi connectivity index (χ2n) is 4.61. The first kappa shape index (κ1) is 13.2. The van der Waals surface area contributed by atoms with Crippen LogP contribution in [-0.2, 0) is 5.41 Å². The molecule has 0 atom stereocenters. The molecule has 1 rings (SSSR count). The van der Waals surface area contributed by atoms with Crippen LogP contribution in [0.3, 0.4) is 0 Å². The Morgan fingerprint density at radius 1 is 1.24 bits per heavy atom. The molecule has 0 spiro atoms. The molecule has 0 bridgehead atoms. The molecule has 0 aliphatic carbocycles. The van der Waals surface area contributed by atoms with E-state index in [1.807, 2.05) is 20.8 Å². The van der Waals surface area contributed by atoms with E-state index < -0.39 is 11.6 Å². The minimum absolute atomic E-state index is 0.0942. The van der Waals surface area contributed by atoms with Crippen LogP contribution in [-0.4, -0.2) is 23.5 Å². The first-order valence-electron chi connectivity index (χ1n) is 5.08. The minimum Gasteiger partial charge on any atom is -0.504 e. The molecule has 5 heteroatoms. The lowest BCUT2D eigenvalue weighted by molar-refractivity contribution is 0.142. The van der Waals surface area contributed by atoms with E-state index in [-0.39, 0.29) is 11.5 Å². The molecule has 0 amide bonds. The minimum atomic E-state index is -1.47. The molecule has 2 N–H and O–H groups in total. The predicted molar refractivity (Wildman–Crippen MR) is 62.0 cm³/mol. The second kappa shape index (κ2) is 4.53. The summed E-state index contributed by atoms with van der Waals surface area (Å²) in [6.45, 7) is 5.65. The Bertz CT molecular complexity index is 431. The van der Waals surface area contributed by atoms with Gasteiger partial charge in [0.2, 0.25) is 0 Å². The maximum absolute atomic E-state index is 10.5. The number of carbonyl (C=O) groups is 1. The zero-order valence-corrected chi connectivity index (χ0v) is 10.3. The van der Waals surface area contributed by atoms with Crippen LogP contribution < -0.4 is 9.47 Å². The lowest BCUT2D eigenvalue weighted by Crippen LogP contribution is -2.14. The molecule has 0 aliphatic heterocycles. The molecule has 0 radical (unpaired) electrons. The normalized spacial score (nSPS) is 11.1. The zero-order valence-electron chi connectivity index (χ0n) is 10.3. The van der Waals surface area contributed by atoms with E-state index in [9.17, 15) is 9.90 Å². The van der Waals surface area contributed by atoms with Gasteiger partial charge < -0.3 is 19.7 Å². The first-order chi connectivity index (χ1) is 7.77. The van der Waals surface area contributed by atoms with Gasteiger partial charge in [-0.1, -0.05) is 20.8 Å². The number of carboxylic acid groups (broad SMARTS) is 1. The quantitative estimate of drug-likeness (QED) is 0.614. The number of methoxy groups -OCH3 is 1. The smallest absolute Gasteiger partial charge is 0.504 e. The summed E-state index contributed by atoms with van der Waals surface area (Å²) in [5.74, 6) is 0.190. The molecule has 0 heterocycles. The third-order valence-electron chi connectivity index (χ3n) is 2.27. The van der Waals surface area contributed by atoms with Crippen LogP contribution in [0.15, 0.2) is 12.1 Å². The van der Waals surface area contributed by atoms with E-state index >= 15 is 0 Å². The molecule has 0 aliphatic rings. The van der Waals surface area contributed by atoms with Crippen LogP contribution in [0.25, 0.3) is 0 Å².